The summed E-state index contributed by atoms with van der Waals surface area (Å²) in [7, 11) is 1.63. The van der Waals surface area contributed by atoms with Crippen LogP contribution in [0.2, 0.25) is 0 Å². The number of aromatic nitrogens is 1. The molecule has 0 radical (unpaired) electrons. The van der Waals surface area contributed by atoms with E-state index in [-0.39, 0.29) is 5.91 Å². The summed E-state index contributed by atoms with van der Waals surface area (Å²) >= 11 is 1.43. The van der Waals surface area contributed by atoms with E-state index in [1.807, 2.05) is 60.7 Å². The Labute approximate surface area is 142 Å². The monoisotopic (exact) mass is 334 g/mol. The zero-order chi connectivity index (χ0) is 16.5. The Morgan fingerprint density at radius 1 is 1.08 bits per heavy atom. The van der Waals surface area contributed by atoms with Crippen molar-refractivity contribution in [3.05, 3.63) is 66.2 Å². The summed E-state index contributed by atoms with van der Waals surface area (Å²) in [6.07, 6.45) is 0. The number of hydrogen-bond donors (Lipinski definition) is 1. The Balaban J connectivity index is 1.68. The molecule has 5 heteroatoms. The van der Waals surface area contributed by atoms with Crippen LogP contribution in [-0.4, -0.2) is 18.0 Å². The second kappa shape index (κ2) is 5.94. The molecule has 0 fully saturated rings. The van der Waals surface area contributed by atoms with E-state index in [1.54, 1.807) is 7.11 Å². The van der Waals surface area contributed by atoms with Gasteiger partial charge in [0.15, 0.2) is 5.13 Å². The van der Waals surface area contributed by atoms with Crippen LogP contribution in [0.25, 0.3) is 21.0 Å². The number of rotatable bonds is 3. The number of nitrogens with one attached hydrogen (secondary N) is 1. The quantitative estimate of drug-likeness (QED) is 0.590. The van der Waals surface area contributed by atoms with E-state index in [1.165, 1.54) is 11.3 Å². The molecule has 118 valence electrons. The Bertz CT molecular complexity index is 1050. The van der Waals surface area contributed by atoms with Crippen molar-refractivity contribution >= 4 is 43.4 Å². The van der Waals surface area contributed by atoms with Gasteiger partial charge < -0.3 is 4.74 Å². The lowest BCUT2D eigenvalue weighted by molar-refractivity contribution is 0.102. The van der Waals surface area contributed by atoms with Gasteiger partial charge in [-0.2, -0.15) is 0 Å². The van der Waals surface area contributed by atoms with Gasteiger partial charge in [0.2, 0.25) is 0 Å². The van der Waals surface area contributed by atoms with E-state index in [2.05, 4.69) is 10.3 Å². The number of methoxy groups -OCH3 is 1. The summed E-state index contributed by atoms with van der Waals surface area (Å²) in [5.41, 5.74) is 1.49. The number of carbonyl (C=O) groups excluding carboxylic acids is 1. The highest BCUT2D eigenvalue weighted by Crippen LogP contribution is 2.29. The summed E-state index contributed by atoms with van der Waals surface area (Å²) in [5, 5.41) is 5.46. The van der Waals surface area contributed by atoms with Gasteiger partial charge in [-0.1, -0.05) is 47.7 Å². The lowest BCUT2D eigenvalue weighted by Crippen LogP contribution is -2.12. The maximum Gasteiger partial charge on any atom is 0.258 e. The number of anilines is 1. The molecule has 24 heavy (non-hydrogen) atoms. The van der Waals surface area contributed by atoms with E-state index in [0.717, 1.165) is 26.7 Å². The summed E-state index contributed by atoms with van der Waals surface area (Å²) in [4.78, 5) is 17.1. The lowest BCUT2D eigenvalue weighted by Gasteiger charge is -2.05. The number of thiazole rings is 1. The van der Waals surface area contributed by atoms with E-state index in [9.17, 15) is 4.79 Å². The van der Waals surface area contributed by atoms with Gasteiger partial charge in [-0.05, 0) is 35.0 Å². The predicted octanol–water partition coefficient (Wildman–Crippen LogP) is 4.71. The number of carbonyl (C=O) groups is 1. The van der Waals surface area contributed by atoms with Gasteiger partial charge in [0, 0.05) is 5.56 Å². The molecule has 4 nitrogen and oxygen atoms in total. The van der Waals surface area contributed by atoms with Gasteiger partial charge in [-0.3, -0.25) is 10.1 Å². The normalized spacial score (nSPS) is 10.9. The van der Waals surface area contributed by atoms with Crippen molar-refractivity contribution < 1.29 is 9.53 Å². The predicted molar refractivity (Wildman–Crippen MR) is 98.1 cm³/mol. The highest BCUT2D eigenvalue weighted by atomic mass is 32.1. The van der Waals surface area contributed by atoms with Gasteiger partial charge in [-0.25, -0.2) is 4.98 Å². The molecule has 1 heterocycles. The van der Waals surface area contributed by atoms with E-state index in [4.69, 9.17) is 4.74 Å². The van der Waals surface area contributed by atoms with Crippen molar-refractivity contribution in [2.24, 2.45) is 0 Å². The highest BCUT2D eigenvalue weighted by molar-refractivity contribution is 7.22. The van der Waals surface area contributed by atoms with Crippen molar-refractivity contribution in [1.29, 1.82) is 0 Å². The molecule has 1 N–H and O–H groups in total. The topological polar surface area (TPSA) is 51.2 Å². The third-order valence-corrected chi connectivity index (χ3v) is 4.78. The fourth-order valence-corrected chi connectivity index (χ4v) is 3.56. The van der Waals surface area contributed by atoms with Gasteiger partial charge in [0.25, 0.3) is 5.91 Å². The van der Waals surface area contributed by atoms with E-state index < -0.39 is 0 Å². The fourth-order valence-electron chi connectivity index (χ4n) is 2.67. The van der Waals surface area contributed by atoms with Crippen molar-refractivity contribution in [2.45, 2.75) is 0 Å². The molecule has 0 bridgehead atoms. The number of hydrogen-bond acceptors (Lipinski definition) is 4. The molecule has 0 unspecified atom stereocenters. The Morgan fingerprint density at radius 2 is 1.92 bits per heavy atom. The molecule has 0 spiro atoms. The van der Waals surface area contributed by atoms with Gasteiger partial charge in [0.05, 0.1) is 17.3 Å². The van der Waals surface area contributed by atoms with Crippen LogP contribution in [0.3, 0.4) is 0 Å². The third-order valence-electron chi connectivity index (χ3n) is 3.85. The first kappa shape index (κ1) is 14.7. The van der Waals surface area contributed by atoms with Crippen LogP contribution in [-0.2, 0) is 0 Å². The zero-order valence-corrected chi connectivity index (χ0v) is 13.8. The minimum absolute atomic E-state index is 0.155. The molecule has 4 aromatic rings. The average Bonchev–Trinajstić information content (AvgIpc) is 3.02. The Morgan fingerprint density at radius 3 is 2.79 bits per heavy atom. The zero-order valence-electron chi connectivity index (χ0n) is 12.9. The van der Waals surface area contributed by atoms with Gasteiger partial charge >= 0.3 is 0 Å². The van der Waals surface area contributed by atoms with Crippen LogP contribution in [0.15, 0.2) is 60.7 Å². The van der Waals surface area contributed by atoms with Crippen LogP contribution in [0, 0.1) is 0 Å². The first-order valence-electron chi connectivity index (χ1n) is 7.48. The standard InChI is InChI=1S/C19H14N2O2S/c1-23-13-9-10-16-17(11-13)24-19(20-16)21-18(22)15-8-4-6-12-5-2-3-7-14(12)15/h2-11H,1H3,(H,20,21,22). The summed E-state index contributed by atoms with van der Waals surface area (Å²) in [5.74, 6) is 0.621. The van der Waals surface area contributed by atoms with Crippen molar-refractivity contribution in [1.82, 2.24) is 4.98 Å². The Hall–Kier alpha value is -2.92. The van der Waals surface area contributed by atoms with E-state index >= 15 is 0 Å². The van der Waals surface area contributed by atoms with Crippen LogP contribution < -0.4 is 10.1 Å². The van der Waals surface area contributed by atoms with Crippen LogP contribution in [0.5, 0.6) is 5.75 Å². The van der Waals surface area contributed by atoms with Crippen molar-refractivity contribution in [2.75, 3.05) is 12.4 Å². The fraction of sp³-hybridized carbons (Fsp3) is 0.0526. The highest BCUT2D eigenvalue weighted by Gasteiger charge is 2.12. The Kier molecular flexibility index (Phi) is 3.63. The van der Waals surface area contributed by atoms with Crippen LogP contribution in [0.1, 0.15) is 10.4 Å². The molecule has 0 saturated heterocycles. The molecule has 4 rings (SSSR count). The molecule has 0 aliphatic carbocycles. The number of benzene rings is 3. The second-order valence-corrected chi connectivity index (χ2v) is 6.36. The molecular weight excluding hydrogens is 320 g/mol. The van der Waals surface area contributed by atoms with Gasteiger partial charge in [0.1, 0.15) is 5.75 Å². The largest absolute Gasteiger partial charge is 0.497 e. The summed E-state index contributed by atoms with van der Waals surface area (Å²) in [6, 6.07) is 19.2. The molecule has 1 aromatic heterocycles. The first-order valence-corrected chi connectivity index (χ1v) is 8.30. The lowest BCUT2D eigenvalue weighted by atomic mass is 10.0. The first-order chi connectivity index (χ1) is 11.7. The number of ether oxygens (including phenoxy) is 1. The smallest absolute Gasteiger partial charge is 0.258 e. The molecule has 0 atom stereocenters. The van der Waals surface area contributed by atoms with Crippen LogP contribution in [0.4, 0.5) is 5.13 Å². The van der Waals surface area contributed by atoms with Gasteiger partial charge in [-0.15, -0.1) is 0 Å². The van der Waals surface area contributed by atoms with Crippen molar-refractivity contribution in [3.63, 3.8) is 0 Å². The van der Waals surface area contributed by atoms with Crippen LogP contribution >= 0.6 is 11.3 Å². The maximum absolute atomic E-state index is 12.7. The number of fused-ring (bicyclic) bond motifs is 2. The average molecular weight is 334 g/mol. The van der Waals surface area contributed by atoms with E-state index in [0.29, 0.717) is 10.7 Å². The summed E-state index contributed by atoms with van der Waals surface area (Å²) in [6.45, 7) is 0. The SMILES string of the molecule is COc1ccc2nc(NC(=O)c3cccc4ccccc34)sc2c1. The number of nitrogens with zero attached hydrogens (tertiary/aromatic N) is 1. The van der Waals surface area contributed by atoms with Crippen molar-refractivity contribution in [3.8, 4) is 5.75 Å². The molecule has 1 amide bonds. The molecule has 0 aliphatic rings. The second-order valence-electron chi connectivity index (χ2n) is 5.33. The summed E-state index contributed by atoms with van der Waals surface area (Å²) < 4.78 is 6.20. The minimum atomic E-state index is -0.155. The molecule has 0 saturated carbocycles. The molecule has 3 aromatic carbocycles. The number of amides is 1. The maximum atomic E-state index is 12.7. The molecular formula is C19H14N2O2S. The third kappa shape index (κ3) is 2.59. The minimum Gasteiger partial charge on any atom is -0.497 e. The molecule has 0 aliphatic heterocycles.